The maximum Gasteiger partial charge on any atom is 0.413 e. The van der Waals surface area contributed by atoms with Crippen molar-refractivity contribution in [1.82, 2.24) is 4.98 Å². The number of hydrogen-bond donors (Lipinski definition) is 1. The van der Waals surface area contributed by atoms with E-state index in [2.05, 4.69) is 10.3 Å². The van der Waals surface area contributed by atoms with E-state index in [0.717, 1.165) is 6.42 Å². The zero-order valence-corrected chi connectivity index (χ0v) is 13.6. The molecule has 0 saturated carbocycles. The highest BCUT2D eigenvalue weighted by Crippen LogP contribution is 2.33. The van der Waals surface area contributed by atoms with Crippen LogP contribution in [-0.4, -0.2) is 28.8 Å². The van der Waals surface area contributed by atoms with E-state index in [1.807, 2.05) is 13.8 Å². The molecule has 6 heteroatoms. The Balaban J connectivity index is 2.25. The van der Waals surface area contributed by atoms with Gasteiger partial charge in [-0.25, -0.2) is 14.6 Å². The molecule has 22 heavy (non-hydrogen) atoms. The van der Waals surface area contributed by atoms with Crippen LogP contribution in [0.25, 0.3) is 0 Å². The highest BCUT2D eigenvalue weighted by atomic mass is 16.6. The number of ether oxygens (including phenoxy) is 2. The summed E-state index contributed by atoms with van der Waals surface area (Å²) >= 11 is 0. The normalized spacial score (nSPS) is 20.9. The van der Waals surface area contributed by atoms with E-state index in [-0.39, 0.29) is 18.0 Å². The van der Waals surface area contributed by atoms with Gasteiger partial charge in [0.1, 0.15) is 17.5 Å². The Morgan fingerprint density at radius 2 is 2.09 bits per heavy atom. The first-order valence-corrected chi connectivity index (χ1v) is 7.43. The van der Waals surface area contributed by atoms with Crippen LogP contribution in [-0.2, 0) is 9.47 Å². The van der Waals surface area contributed by atoms with Gasteiger partial charge < -0.3 is 9.47 Å². The molecule has 6 nitrogen and oxygen atoms in total. The van der Waals surface area contributed by atoms with Gasteiger partial charge in [-0.1, -0.05) is 6.92 Å². The molecule has 2 unspecified atom stereocenters. The number of carbonyl (C=O) groups excluding carboxylic acids is 2. The molecule has 0 aromatic carbocycles. The Labute approximate surface area is 130 Å². The number of cyclic esters (lactones) is 1. The average Bonchev–Trinajstić information content (AvgIpc) is 2.36. The minimum absolute atomic E-state index is 0.0214. The van der Waals surface area contributed by atoms with Crippen LogP contribution in [0.1, 0.15) is 63.0 Å². The standard InChI is InChI=1S/C16H22N2O4/c1-6-10-9(2)21-14(19)11-7-8-12(17-13(10)11)18-15(20)22-16(3,4)5/h7-10H,6H2,1-5H3,(H,17,18,20). The molecule has 0 spiro atoms. The van der Waals surface area contributed by atoms with Gasteiger partial charge >= 0.3 is 12.1 Å². The molecule has 1 aliphatic rings. The number of aromatic nitrogens is 1. The molecule has 1 aromatic rings. The van der Waals surface area contributed by atoms with Crippen molar-refractivity contribution in [3.8, 4) is 0 Å². The molecule has 0 aliphatic carbocycles. The van der Waals surface area contributed by atoms with E-state index in [9.17, 15) is 9.59 Å². The summed E-state index contributed by atoms with van der Waals surface area (Å²) in [5, 5.41) is 2.60. The summed E-state index contributed by atoms with van der Waals surface area (Å²) < 4.78 is 10.5. The van der Waals surface area contributed by atoms with E-state index in [0.29, 0.717) is 17.1 Å². The second-order valence-electron chi connectivity index (χ2n) is 6.38. The predicted octanol–water partition coefficient (Wildman–Crippen LogP) is 3.48. The predicted molar refractivity (Wildman–Crippen MR) is 82.0 cm³/mol. The lowest BCUT2D eigenvalue weighted by Crippen LogP contribution is -2.31. The number of amides is 1. The van der Waals surface area contributed by atoms with Gasteiger partial charge in [-0.15, -0.1) is 0 Å². The summed E-state index contributed by atoms with van der Waals surface area (Å²) in [5.74, 6) is 0.0185. The lowest BCUT2D eigenvalue weighted by atomic mass is 9.90. The highest BCUT2D eigenvalue weighted by molar-refractivity contribution is 5.93. The maximum atomic E-state index is 11.9. The van der Waals surface area contributed by atoms with Gasteiger partial charge in [0.05, 0.1) is 11.3 Å². The zero-order valence-electron chi connectivity index (χ0n) is 13.6. The SMILES string of the molecule is CCC1c2nc(NC(=O)OC(C)(C)C)ccc2C(=O)OC1C. The summed E-state index contributed by atoms with van der Waals surface area (Å²) in [5.41, 5.74) is 0.544. The largest absolute Gasteiger partial charge is 0.458 e. The van der Waals surface area contributed by atoms with Crippen LogP contribution in [0.2, 0.25) is 0 Å². The number of carbonyl (C=O) groups is 2. The van der Waals surface area contributed by atoms with E-state index in [4.69, 9.17) is 9.47 Å². The molecule has 120 valence electrons. The number of hydrogen-bond acceptors (Lipinski definition) is 5. The number of rotatable bonds is 2. The quantitative estimate of drug-likeness (QED) is 0.846. The topological polar surface area (TPSA) is 77.5 Å². The molecule has 0 saturated heterocycles. The van der Waals surface area contributed by atoms with Crippen molar-refractivity contribution in [2.24, 2.45) is 0 Å². The molecule has 2 atom stereocenters. The van der Waals surface area contributed by atoms with Gasteiger partial charge in [0, 0.05) is 5.92 Å². The van der Waals surface area contributed by atoms with Crippen molar-refractivity contribution in [2.45, 2.75) is 58.7 Å². The summed E-state index contributed by atoms with van der Waals surface area (Å²) in [6.07, 6.45) is -0.00152. The lowest BCUT2D eigenvalue weighted by Gasteiger charge is -2.29. The van der Waals surface area contributed by atoms with Crippen LogP contribution in [0.15, 0.2) is 12.1 Å². The molecule has 1 amide bonds. The Morgan fingerprint density at radius 3 is 2.68 bits per heavy atom. The van der Waals surface area contributed by atoms with Crippen molar-refractivity contribution in [1.29, 1.82) is 0 Å². The monoisotopic (exact) mass is 306 g/mol. The fraction of sp³-hybridized carbons (Fsp3) is 0.562. The van der Waals surface area contributed by atoms with Crippen LogP contribution < -0.4 is 5.32 Å². The molecule has 1 aromatic heterocycles. The third kappa shape index (κ3) is 3.55. The second kappa shape index (κ2) is 5.94. The number of anilines is 1. The van der Waals surface area contributed by atoms with Gasteiger partial charge in [-0.2, -0.15) is 0 Å². The first-order chi connectivity index (χ1) is 10.2. The number of nitrogens with zero attached hydrogens (tertiary/aromatic N) is 1. The fourth-order valence-electron chi connectivity index (χ4n) is 2.47. The van der Waals surface area contributed by atoms with Gasteiger partial charge in [0.2, 0.25) is 0 Å². The highest BCUT2D eigenvalue weighted by Gasteiger charge is 2.33. The van der Waals surface area contributed by atoms with Gasteiger partial charge in [-0.05, 0) is 46.2 Å². The van der Waals surface area contributed by atoms with Crippen LogP contribution in [0.5, 0.6) is 0 Å². The molecule has 2 heterocycles. The first kappa shape index (κ1) is 16.3. The summed E-state index contributed by atoms with van der Waals surface area (Å²) in [7, 11) is 0. The molecule has 0 radical (unpaired) electrons. The maximum absolute atomic E-state index is 11.9. The van der Waals surface area contributed by atoms with Gasteiger partial charge in [0.15, 0.2) is 0 Å². The third-order valence-electron chi connectivity index (χ3n) is 3.42. The molecule has 1 N–H and O–H groups in total. The molecule has 0 bridgehead atoms. The minimum atomic E-state index is -0.581. The smallest absolute Gasteiger partial charge is 0.413 e. The van der Waals surface area contributed by atoms with Crippen LogP contribution >= 0.6 is 0 Å². The molecule has 2 rings (SSSR count). The van der Waals surface area contributed by atoms with E-state index < -0.39 is 11.7 Å². The van der Waals surface area contributed by atoms with E-state index in [1.165, 1.54) is 0 Å². The second-order valence-corrected chi connectivity index (χ2v) is 6.38. The number of nitrogens with one attached hydrogen (secondary N) is 1. The third-order valence-corrected chi connectivity index (χ3v) is 3.42. The Bertz CT molecular complexity index is 592. The van der Waals surface area contributed by atoms with Crippen LogP contribution in [0.3, 0.4) is 0 Å². The Kier molecular flexibility index (Phi) is 4.39. The number of esters is 1. The summed E-state index contributed by atoms with van der Waals surface area (Å²) in [4.78, 5) is 28.1. The molecule has 0 fully saturated rings. The van der Waals surface area contributed by atoms with E-state index >= 15 is 0 Å². The van der Waals surface area contributed by atoms with Gasteiger partial charge in [0.25, 0.3) is 0 Å². The van der Waals surface area contributed by atoms with Crippen LogP contribution in [0.4, 0.5) is 10.6 Å². The molecular formula is C16H22N2O4. The zero-order chi connectivity index (χ0) is 16.5. The van der Waals surface area contributed by atoms with Crippen molar-refractivity contribution in [3.63, 3.8) is 0 Å². The number of fused-ring (bicyclic) bond motifs is 1. The fourth-order valence-corrected chi connectivity index (χ4v) is 2.47. The van der Waals surface area contributed by atoms with Gasteiger partial charge in [-0.3, -0.25) is 5.32 Å². The molecular weight excluding hydrogens is 284 g/mol. The van der Waals surface area contributed by atoms with Crippen molar-refractivity contribution in [3.05, 3.63) is 23.4 Å². The Hall–Kier alpha value is -2.11. The minimum Gasteiger partial charge on any atom is -0.458 e. The van der Waals surface area contributed by atoms with Crippen molar-refractivity contribution in [2.75, 3.05) is 5.32 Å². The van der Waals surface area contributed by atoms with Crippen molar-refractivity contribution < 1.29 is 19.1 Å². The summed E-state index contributed by atoms with van der Waals surface area (Å²) in [6.45, 7) is 9.23. The van der Waals surface area contributed by atoms with E-state index in [1.54, 1.807) is 32.9 Å². The first-order valence-electron chi connectivity index (χ1n) is 7.43. The lowest BCUT2D eigenvalue weighted by molar-refractivity contribution is 0.0215. The molecule has 1 aliphatic heterocycles. The van der Waals surface area contributed by atoms with Crippen LogP contribution in [0, 0.1) is 0 Å². The average molecular weight is 306 g/mol. The summed E-state index contributed by atoms with van der Waals surface area (Å²) in [6, 6.07) is 3.21. The van der Waals surface area contributed by atoms with Crippen molar-refractivity contribution >= 4 is 17.9 Å². The Morgan fingerprint density at radius 1 is 1.41 bits per heavy atom. The number of pyridine rings is 1.